The predicted octanol–water partition coefficient (Wildman–Crippen LogP) is 2.39. The SMILES string of the molecule is Cc1nsc(NCCC(=O)OCc2ccccc2)n1. The fourth-order valence-corrected chi connectivity index (χ4v) is 2.05. The number of hydrogen-bond acceptors (Lipinski definition) is 6. The Balaban J connectivity index is 1.65. The third kappa shape index (κ3) is 4.67. The molecule has 1 N–H and O–H groups in total. The Morgan fingerprint density at radius 1 is 1.37 bits per heavy atom. The quantitative estimate of drug-likeness (QED) is 0.821. The van der Waals surface area contributed by atoms with Gasteiger partial charge >= 0.3 is 5.97 Å². The average Bonchev–Trinajstić information content (AvgIpc) is 2.83. The normalized spacial score (nSPS) is 10.2. The second-order valence-corrected chi connectivity index (χ2v) is 4.72. The molecule has 0 aliphatic carbocycles. The monoisotopic (exact) mass is 277 g/mol. The van der Waals surface area contributed by atoms with Crippen molar-refractivity contribution in [1.29, 1.82) is 0 Å². The molecule has 0 amide bonds. The minimum atomic E-state index is -0.224. The number of aryl methyl sites for hydroxylation is 1. The zero-order valence-electron chi connectivity index (χ0n) is 10.6. The molecule has 100 valence electrons. The lowest BCUT2D eigenvalue weighted by Crippen LogP contribution is -2.11. The van der Waals surface area contributed by atoms with Crippen molar-refractivity contribution in [2.45, 2.75) is 20.0 Å². The standard InChI is InChI=1S/C13H15N3O2S/c1-10-15-13(19-16-10)14-8-7-12(17)18-9-11-5-3-2-4-6-11/h2-6H,7-9H2,1H3,(H,14,15,16). The zero-order valence-corrected chi connectivity index (χ0v) is 11.4. The van der Waals surface area contributed by atoms with Crippen LogP contribution in [0.15, 0.2) is 30.3 Å². The van der Waals surface area contributed by atoms with Crippen LogP contribution >= 0.6 is 11.5 Å². The van der Waals surface area contributed by atoms with Gasteiger partial charge in [-0.2, -0.15) is 4.37 Å². The van der Waals surface area contributed by atoms with Gasteiger partial charge in [0, 0.05) is 18.1 Å². The Kier molecular flexibility index (Phi) is 4.85. The Hall–Kier alpha value is -1.95. The summed E-state index contributed by atoms with van der Waals surface area (Å²) in [5.41, 5.74) is 0.989. The van der Waals surface area contributed by atoms with Gasteiger partial charge in [-0.05, 0) is 12.5 Å². The fourth-order valence-electron chi connectivity index (χ4n) is 1.45. The van der Waals surface area contributed by atoms with Crippen molar-refractivity contribution < 1.29 is 9.53 Å². The highest BCUT2D eigenvalue weighted by molar-refractivity contribution is 7.09. The number of nitrogens with one attached hydrogen (secondary N) is 1. The first-order chi connectivity index (χ1) is 9.24. The molecule has 0 atom stereocenters. The summed E-state index contributed by atoms with van der Waals surface area (Å²) in [4.78, 5) is 15.7. The van der Waals surface area contributed by atoms with Crippen molar-refractivity contribution >= 4 is 22.6 Å². The van der Waals surface area contributed by atoms with Crippen LogP contribution in [-0.2, 0) is 16.1 Å². The molecule has 1 aromatic heterocycles. The average molecular weight is 277 g/mol. The number of anilines is 1. The second kappa shape index (κ2) is 6.84. The summed E-state index contributed by atoms with van der Waals surface area (Å²) in [6, 6.07) is 9.62. The van der Waals surface area contributed by atoms with Gasteiger partial charge < -0.3 is 10.1 Å². The molecular formula is C13H15N3O2S. The largest absolute Gasteiger partial charge is 0.461 e. The molecule has 0 saturated carbocycles. The smallest absolute Gasteiger partial charge is 0.307 e. The van der Waals surface area contributed by atoms with E-state index in [2.05, 4.69) is 14.7 Å². The highest BCUT2D eigenvalue weighted by Gasteiger charge is 2.04. The van der Waals surface area contributed by atoms with Crippen LogP contribution in [0.2, 0.25) is 0 Å². The number of nitrogens with zero attached hydrogens (tertiary/aromatic N) is 2. The van der Waals surface area contributed by atoms with Crippen molar-refractivity contribution in [3.05, 3.63) is 41.7 Å². The number of aromatic nitrogens is 2. The maximum atomic E-state index is 11.5. The molecular weight excluding hydrogens is 262 g/mol. The fraction of sp³-hybridized carbons (Fsp3) is 0.308. The minimum Gasteiger partial charge on any atom is -0.461 e. The van der Waals surface area contributed by atoms with Gasteiger partial charge in [-0.15, -0.1) is 0 Å². The van der Waals surface area contributed by atoms with Crippen LogP contribution in [0.4, 0.5) is 5.13 Å². The lowest BCUT2D eigenvalue weighted by molar-refractivity contribution is -0.144. The maximum Gasteiger partial charge on any atom is 0.307 e. The number of ether oxygens (including phenoxy) is 1. The van der Waals surface area contributed by atoms with Gasteiger partial charge in [0.1, 0.15) is 12.4 Å². The molecule has 0 aliphatic heterocycles. The molecule has 0 spiro atoms. The number of rotatable bonds is 6. The molecule has 1 aromatic carbocycles. The summed E-state index contributed by atoms with van der Waals surface area (Å²) in [6.07, 6.45) is 0.311. The van der Waals surface area contributed by atoms with Gasteiger partial charge in [0.05, 0.1) is 6.42 Å². The van der Waals surface area contributed by atoms with E-state index < -0.39 is 0 Å². The lowest BCUT2D eigenvalue weighted by atomic mass is 10.2. The van der Waals surface area contributed by atoms with Crippen LogP contribution in [0.1, 0.15) is 17.8 Å². The maximum absolute atomic E-state index is 11.5. The van der Waals surface area contributed by atoms with Crippen molar-refractivity contribution in [2.24, 2.45) is 0 Å². The second-order valence-electron chi connectivity index (χ2n) is 3.97. The molecule has 2 aromatic rings. The van der Waals surface area contributed by atoms with E-state index in [1.807, 2.05) is 37.3 Å². The summed E-state index contributed by atoms with van der Waals surface area (Å²) in [6.45, 7) is 2.65. The van der Waals surface area contributed by atoms with Gasteiger partial charge in [-0.3, -0.25) is 4.79 Å². The van der Waals surface area contributed by atoms with Gasteiger partial charge in [-0.1, -0.05) is 30.3 Å². The molecule has 0 unspecified atom stereocenters. The Morgan fingerprint density at radius 3 is 2.84 bits per heavy atom. The zero-order chi connectivity index (χ0) is 13.5. The third-order valence-electron chi connectivity index (χ3n) is 2.38. The molecule has 0 bridgehead atoms. The lowest BCUT2D eigenvalue weighted by Gasteiger charge is -2.05. The van der Waals surface area contributed by atoms with Crippen LogP contribution in [-0.4, -0.2) is 21.9 Å². The molecule has 2 rings (SSSR count). The first-order valence-corrected chi connectivity index (χ1v) is 6.75. The summed E-state index contributed by atoms with van der Waals surface area (Å²) in [5, 5.41) is 3.77. The van der Waals surface area contributed by atoms with Crippen molar-refractivity contribution in [3.8, 4) is 0 Å². The van der Waals surface area contributed by atoms with Crippen LogP contribution in [0.5, 0.6) is 0 Å². The first-order valence-electron chi connectivity index (χ1n) is 5.98. The number of carbonyl (C=O) groups excluding carboxylic acids is 1. The number of esters is 1. The van der Waals surface area contributed by atoms with Gasteiger partial charge in [0.15, 0.2) is 0 Å². The molecule has 0 radical (unpaired) electrons. The molecule has 5 nitrogen and oxygen atoms in total. The third-order valence-corrected chi connectivity index (χ3v) is 3.14. The Morgan fingerprint density at radius 2 is 2.16 bits per heavy atom. The number of carbonyl (C=O) groups is 1. The summed E-state index contributed by atoms with van der Waals surface area (Å²) >= 11 is 1.29. The van der Waals surface area contributed by atoms with E-state index in [0.717, 1.165) is 16.5 Å². The van der Waals surface area contributed by atoms with E-state index in [9.17, 15) is 4.79 Å². The predicted molar refractivity (Wildman–Crippen MR) is 74.0 cm³/mol. The highest BCUT2D eigenvalue weighted by Crippen LogP contribution is 2.09. The number of benzene rings is 1. The van der Waals surface area contributed by atoms with Crippen LogP contribution in [0.3, 0.4) is 0 Å². The van der Waals surface area contributed by atoms with Crippen LogP contribution < -0.4 is 5.32 Å². The van der Waals surface area contributed by atoms with E-state index in [1.54, 1.807) is 0 Å². The van der Waals surface area contributed by atoms with E-state index >= 15 is 0 Å². The molecule has 0 fully saturated rings. The number of hydrogen-bond donors (Lipinski definition) is 1. The Bertz CT molecular complexity index is 528. The Labute approximate surface area is 115 Å². The van der Waals surface area contributed by atoms with E-state index in [-0.39, 0.29) is 5.97 Å². The van der Waals surface area contributed by atoms with E-state index in [0.29, 0.717) is 19.6 Å². The van der Waals surface area contributed by atoms with Crippen LogP contribution in [0, 0.1) is 6.92 Å². The molecule has 1 heterocycles. The minimum absolute atomic E-state index is 0.224. The molecule has 6 heteroatoms. The van der Waals surface area contributed by atoms with Crippen molar-refractivity contribution in [3.63, 3.8) is 0 Å². The topological polar surface area (TPSA) is 64.1 Å². The summed E-state index contributed by atoms with van der Waals surface area (Å²) in [7, 11) is 0. The summed E-state index contributed by atoms with van der Waals surface area (Å²) in [5.74, 6) is 0.511. The molecule has 0 saturated heterocycles. The van der Waals surface area contributed by atoms with Gasteiger partial charge in [0.25, 0.3) is 0 Å². The van der Waals surface area contributed by atoms with Gasteiger partial charge in [0.2, 0.25) is 5.13 Å². The molecule has 0 aliphatic rings. The highest BCUT2D eigenvalue weighted by atomic mass is 32.1. The van der Waals surface area contributed by atoms with Gasteiger partial charge in [-0.25, -0.2) is 4.98 Å². The molecule has 19 heavy (non-hydrogen) atoms. The summed E-state index contributed by atoms with van der Waals surface area (Å²) < 4.78 is 9.20. The van der Waals surface area contributed by atoms with E-state index in [4.69, 9.17) is 4.74 Å². The van der Waals surface area contributed by atoms with Crippen molar-refractivity contribution in [2.75, 3.05) is 11.9 Å². The van der Waals surface area contributed by atoms with E-state index in [1.165, 1.54) is 11.5 Å². The van der Waals surface area contributed by atoms with Crippen molar-refractivity contribution in [1.82, 2.24) is 9.36 Å². The first kappa shape index (κ1) is 13.5. The van der Waals surface area contributed by atoms with Crippen LogP contribution in [0.25, 0.3) is 0 Å².